The summed E-state index contributed by atoms with van der Waals surface area (Å²) in [5.41, 5.74) is 1.50. The molecule has 5 heteroatoms. The van der Waals surface area contributed by atoms with Crippen LogP contribution in [0, 0.1) is 0 Å². The van der Waals surface area contributed by atoms with E-state index in [0.29, 0.717) is 18.0 Å². The fourth-order valence-corrected chi connectivity index (χ4v) is 2.66. The normalized spacial score (nSPS) is 17.9. The molecule has 0 radical (unpaired) electrons. The molecule has 0 saturated carbocycles. The topological polar surface area (TPSA) is 54.5 Å². The Labute approximate surface area is 123 Å². The molecule has 1 atom stereocenters. The van der Waals surface area contributed by atoms with E-state index < -0.39 is 0 Å². The Bertz CT molecular complexity index is 666. The molecule has 0 aliphatic carbocycles. The second-order valence-corrected chi connectivity index (χ2v) is 5.26. The molecule has 1 aromatic heterocycles. The largest absolute Gasteiger partial charge is 0.379 e. The Hall–Kier alpha value is -2.14. The molecule has 1 N–H and O–H groups in total. The SMILES string of the molecule is CNc1cc(C(=O)N(C)C2CCOC2)c2ccccc2n1. The van der Waals surface area contributed by atoms with E-state index in [0.717, 1.165) is 23.9 Å². The lowest BCUT2D eigenvalue weighted by atomic mass is 10.1. The van der Waals surface area contributed by atoms with Gasteiger partial charge in [0.05, 0.1) is 23.7 Å². The van der Waals surface area contributed by atoms with Crippen LogP contribution in [0.4, 0.5) is 5.82 Å². The minimum Gasteiger partial charge on any atom is -0.379 e. The van der Waals surface area contributed by atoms with Crippen LogP contribution in [0.2, 0.25) is 0 Å². The maximum atomic E-state index is 12.8. The number of nitrogens with zero attached hydrogens (tertiary/aromatic N) is 2. The highest BCUT2D eigenvalue weighted by molar-refractivity contribution is 6.07. The first-order valence-corrected chi connectivity index (χ1v) is 7.13. The summed E-state index contributed by atoms with van der Waals surface area (Å²) in [6, 6.07) is 9.69. The standard InChI is InChI=1S/C16H19N3O2/c1-17-15-9-13(12-5-3-4-6-14(12)18-15)16(20)19(2)11-7-8-21-10-11/h3-6,9,11H,7-8,10H2,1-2H3,(H,17,18). The van der Waals surface area contributed by atoms with Crippen molar-refractivity contribution < 1.29 is 9.53 Å². The van der Waals surface area contributed by atoms with Gasteiger partial charge in [-0.25, -0.2) is 4.98 Å². The number of amides is 1. The summed E-state index contributed by atoms with van der Waals surface area (Å²) in [5, 5.41) is 3.90. The van der Waals surface area contributed by atoms with E-state index >= 15 is 0 Å². The summed E-state index contributed by atoms with van der Waals surface area (Å²) in [6.45, 7) is 1.34. The number of aromatic nitrogens is 1. The van der Waals surface area contributed by atoms with Gasteiger partial charge in [-0.15, -0.1) is 0 Å². The first-order valence-electron chi connectivity index (χ1n) is 7.13. The molecule has 5 nitrogen and oxygen atoms in total. The summed E-state index contributed by atoms with van der Waals surface area (Å²) >= 11 is 0. The average molecular weight is 285 g/mol. The first-order chi connectivity index (χ1) is 10.2. The second-order valence-electron chi connectivity index (χ2n) is 5.26. The van der Waals surface area contributed by atoms with Gasteiger partial charge in [-0.2, -0.15) is 0 Å². The molecule has 1 aliphatic heterocycles. The third-order valence-electron chi connectivity index (χ3n) is 3.98. The van der Waals surface area contributed by atoms with Gasteiger partial charge < -0.3 is 15.0 Å². The average Bonchev–Trinajstić information content (AvgIpc) is 3.06. The Kier molecular flexibility index (Phi) is 3.75. The first kappa shape index (κ1) is 13.8. The maximum Gasteiger partial charge on any atom is 0.254 e. The highest BCUT2D eigenvalue weighted by atomic mass is 16.5. The Morgan fingerprint density at radius 3 is 2.95 bits per heavy atom. The molecular formula is C16H19N3O2. The lowest BCUT2D eigenvalue weighted by molar-refractivity contribution is 0.0713. The van der Waals surface area contributed by atoms with E-state index in [1.54, 1.807) is 11.9 Å². The van der Waals surface area contributed by atoms with Crippen LogP contribution in [0.1, 0.15) is 16.8 Å². The van der Waals surface area contributed by atoms with E-state index in [1.807, 2.05) is 37.4 Å². The molecule has 0 bridgehead atoms. The molecular weight excluding hydrogens is 266 g/mol. The van der Waals surface area contributed by atoms with E-state index in [-0.39, 0.29) is 11.9 Å². The van der Waals surface area contributed by atoms with Crippen LogP contribution in [0.5, 0.6) is 0 Å². The molecule has 21 heavy (non-hydrogen) atoms. The number of carbonyl (C=O) groups is 1. The van der Waals surface area contributed by atoms with Crippen molar-refractivity contribution >= 4 is 22.6 Å². The van der Waals surface area contributed by atoms with Gasteiger partial charge >= 0.3 is 0 Å². The summed E-state index contributed by atoms with van der Waals surface area (Å²) < 4.78 is 5.38. The molecule has 0 spiro atoms. The molecule has 1 fully saturated rings. The molecule has 2 heterocycles. The number of carbonyl (C=O) groups excluding carboxylic acids is 1. The molecule has 3 rings (SSSR count). The number of nitrogens with one attached hydrogen (secondary N) is 1. The predicted octanol–water partition coefficient (Wildman–Crippen LogP) is 2.14. The number of hydrogen-bond donors (Lipinski definition) is 1. The van der Waals surface area contributed by atoms with Crippen molar-refractivity contribution in [1.82, 2.24) is 9.88 Å². The summed E-state index contributed by atoms with van der Waals surface area (Å²) in [6.07, 6.45) is 0.893. The minimum absolute atomic E-state index is 0.0144. The summed E-state index contributed by atoms with van der Waals surface area (Å²) in [5.74, 6) is 0.716. The second kappa shape index (κ2) is 5.69. The Balaban J connectivity index is 2.03. The van der Waals surface area contributed by atoms with Crippen molar-refractivity contribution in [3.63, 3.8) is 0 Å². The Morgan fingerprint density at radius 2 is 2.24 bits per heavy atom. The van der Waals surface area contributed by atoms with Crippen LogP contribution in [0.25, 0.3) is 10.9 Å². The van der Waals surface area contributed by atoms with Gasteiger partial charge in [0.1, 0.15) is 5.82 Å². The molecule has 1 unspecified atom stereocenters. The van der Waals surface area contributed by atoms with Crippen molar-refractivity contribution in [3.8, 4) is 0 Å². The lowest BCUT2D eigenvalue weighted by Crippen LogP contribution is -2.37. The highest BCUT2D eigenvalue weighted by Crippen LogP contribution is 2.23. The predicted molar refractivity (Wildman–Crippen MR) is 82.6 cm³/mol. The fraction of sp³-hybridized carbons (Fsp3) is 0.375. The van der Waals surface area contributed by atoms with Gasteiger partial charge in [0, 0.05) is 26.1 Å². The quantitative estimate of drug-likeness (QED) is 0.938. The van der Waals surface area contributed by atoms with Gasteiger partial charge in [0.25, 0.3) is 5.91 Å². The minimum atomic E-state index is 0.0144. The fourth-order valence-electron chi connectivity index (χ4n) is 2.66. The number of likely N-dealkylation sites (N-methyl/N-ethyl adjacent to an activating group) is 1. The highest BCUT2D eigenvalue weighted by Gasteiger charge is 2.26. The van der Waals surface area contributed by atoms with Crippen molar-refractivity contribution in [1.29, 1.82) is 0 Å². The summed E-state index contributed by atoms with van der Waals surface area (Å²) in [4.78, 5) is 19.1. The Morgan fingerprint density at radius 1 is 1.43 bits per heavy atom. The molecule has 2 aromatic rings. The number of para-hydroxylation sites is 1. The zero-order valence-corrected chi connectivity index (χ0v) is 12.3. The van der Waals surface area contributed by atoms with Gasteiger partial charge in [-0.1, -0.05) is 18.2 Å². The van der Waals surface area contributed by atoms with Gasteiger partial charge in [0.15, 0.2) is 0 Å². The zero-order valence-electron chi connectivity index (χ0n) is 12.3. The van der Waals surface area contributed by atoms with Crippen LogP contribution < -0.4 is 5.32 Å². The van der Waals surface area contributed by atoms with Crippen LogP contribution in [0.3, 0.4) is 0 Å². The van der Waals surface area contributed by atoms with E-state index in [4.69, 9.17) is 4.74 Å². The van der Waals surface area contributed by atoms with Crippen LogP contribution in [-0.4, -0.2) is 49.1 Å². The van der Waals surface area contributed by atoms with Crippen LogP contribution in [0.15, 0.2) is 30.3 Å². The van der Waals surface area contributed by atoms with Gasteiger partial charge in [-0.3, -0.25) is 4.79 Å². The number of benzene rings is 1. The van der Waals surface area contributed by atoms with E-state index in [9.17, 15) is 4.79 Å². The zero-order chi connectivity index (χ0) is 14.8. The smallest absolute Gasteiger partial charge is 0.254 e. The summed E-state index contributed by atoms with van der Waals surface area (Å²) in [7, 11) is 3.65. The molecule has 1 aliphatic rings. The maximum absolute atomic E-state index is 12.8. The van der Waals surface area contributed by atoms with Gasteiger partial charge in [-0.05, 0) is 18.6 Å². The van der Waals surface area contributed by atoms with E-state index in [2.05, 4.69) is 10.3 Å². The number of anilines is 1. The van der Waals surface area contributed by atoms with Crippen molar-refractivity contribution in [3.05, 3.63) is 35.9 Å². The monoisotopic (exact) mass is 285 g/mol. The van der Waals surface area contributed by atoms with Crippen molar-refractivity contribution in [2.75, 3.05) is 32.6 Å². The number of rotatable bonds is 3. The lowest BCUT2D eigenvalue weighted by Gasteiger charge is -2.24. The number of hydrogen-bond acceptors (Lipinski definition) is 4. The van der Waals surface area contributed by atoms with Crippen LogP contribution in [-0.2, 0) is 4.74 Å². The van der Waals surface area contributed by atoms with Crippen molar-refractivity contribution in [2.24, 2.45) is 0 Å². The number of pyridine rings is 1. The number of ether oxygens (including phenoxy) is 1. The number of fused-ring (bicyclic) bond motifs is 1. The van der Waals surface area contributed by atoms with Gasteiger partial charge in [0.2, 0.25) is 0 Å². The van der Waals surface area contributed by atoms with Crippen LogP contribution >= 0.6 is 0 Å². The third kappa shape index (κ3) is 2.56. The van der Waals surface area contributed by atoms with E-state index in [1.165, 1.54) is 0 Å². The van der Waals surface area contributed by atoms with Crippen molar-refractivity contribution in [2.45, 2.75) is 12.5 Å². The molecule has 110 valence electrons. The molecule has 1 amide bonds. The molecule has 1 saturated heterocycles. The third-order valence-corrected chi connectivity index (χ3v) is 3.98. The molecule has 1 aromatic carbocycles.